The molecule has 0 radical (unpaired) electrons. The fourth-order valence-corrected chi connectivity index (χ4v) is 2.15. The van der Waals surface area contributed by atoms with E-state index in [1.54, 1.807) is 7.11 Å². The van der Waals surface area contributed by atoms with Gasteiger partial charge in [0.15, 0.2) is 0 Å². The molecule has 16 heavy (non-hydrogen) atoms. The van der Waals surface area contributed by atoms with E-state index < -0.39 is 0 Å². The number of nitrogens with one attached hydrogen (secondary N) is 1. The number of ether oxygens (including phenoxy) is 2. The molecule has 1 aromatic carbocycles. The molecule has 0 unspecified atom stereocenters. The number of hydrogen-bond donors (Lipinski definition) is 1. The van der Waals surface area contributed by atoms with Crippen molar-refractivity contribution in [3.8, 4) is 11.5 Å². The van der Waals surface area contributed by atoms with Crippen LogP contribution in [0.3, 0.4) is 0 Å². The molecule has 0 spiro atoms. The van der Waals surface area contributed by atoms with E-state index in [4.69, 9.17) is 9.47 Å². The summed E-state index contributed by atoms with van der Waals surface area (Å²) in [6, 6.07) is 6.81. The molecular weight excluding hydrogens is 202 g/mol. The quantitative estimate of drug-likeness (QED) is 0.846. The molecule has 1 aromatic rings. The summed E-state index contributed by atoms with van der Waals surface area (Å²) in [6.07, 6.45) is 0.970. The minimum absolute atomic E-state index is 0.379. The highest BCUT2D eigenvalue weighted by molar-refractivity contribution is 5.46. The number of fused-ring (bicyclic) bond motifs is 1. The van der Waals surface area contributed by atoms with Crippen LogP contribution in [0.25, 0.3) is 0 Å². The van der Waals surface area contributed by atoms with Crippen molar-refractivity contribution in [2.75, 3.05) is 13.7 Å². The molecule has 1 atom stereocenters. The Bertz CT molecular complexity index is 349. The first kappa shape index (κ1) is 11.3. The van der Waals surface area contributed by atoms with Gasteiger partial charge in [-0.25, -0.2) is 0 Å². The van der Waals surface area contributed by atoms with Gasteiger partial charge < -0.3 is 14.8 Å². The van der Waals surface area contributed by atoms with Crippen LogP contribution in [0.1, 0.15) is 19.4 Å². The van der Waals surface area contributed by atoms with Gasteiger partial charge in [-0.15, -0.1) is 0 Å². The predicted molar refractivity (Wildman–Crippen MR) is 64.3 cm³/mol. The fourth-order valence-electron chi connectivity index (χ4n) is 2.15. The molecule has 0 aromatic heterocycles. The van der Waals surface area contributed by atoms with Gasteiger partial charge in [0.2, 0.25) is 0 Å². The molecule has 88 valence electrons. The van der Waals surface area contributed by atoms with Crippen molar-refractivity contribution in [2.45, 2.75) is 32.4 Å². The van der Waals surface area contributed by atoms with Gasteiger partial charge >= 0.3 is 0 Å². The standard InChI is InChI=1S/C13H19NO2/c1-9(2)14-10-7-11-12(15-3)5-4-6-13(11)16-8-10/h4-6,9-10,14H,7-8H2,1-3H3/t10-/m1/s1. The van der Waals surface area contributed by atoms with Crippen LogP contribution in [0, 0.1) is 0 Å². The zero-order chi connectivity index (χ0) is 11.5. The summed E-state index contributed by atoms with van der Waals surface area (Å²) >= 11 is 0. The average molecular weight is 221 g/mol. The Labute approximate surface area is 96.8 Å². The highest BCUT2D eigenvalue weighted by Crippen LogP contribution is 2.32. The van der Waals surface area contributed by atoms with Crippen molar-refractivity contribution in [1.29, 1.82) is 0 Å². The Kier molecular flexibility index (Phi) is 3.34. The van der Waals surface area contributed by atoms with E-state index in [1.165, 1.54) is 5.56 Å². The molecule has 0 aliphatic carbocycles. The van der Waals surface area contributed by atoms with Gasteiger partial charge in [-0.1, -0.05) is 19.9 Å². The number of rotatable bonds is 3. The van der Waals surface area contributed by atoms with Crippen LogP contribution in [-0.4, -0.2) is 25.8 Å². The largest absolute Gasteiger partial charge is 0.496 e. The fraction of sp³-hybridized carbons (Fsp3) is 0.538. The molecule has 0 fully saturated rings. The third-order valence-corrected chi connectivity index (χ3v) is 2.77. The number of benzene rings is 1. The van der Waals surface area contributed by atoms with Crippen molar-refractivity contribution in [1.82, 2.24) is 5.32 Å². The molecule has 2 rings (SSSR count). The number of methoxy groups -OCH3 is 1. The lowest BCUT2D eigenvalue weighted by Gasteiger charge is -2.28. The first-order valence-corrected chi connectivity index (χ1v) is 5.75. The smallest absolute Gasteiger partial charge is 0.126 e. The van der Waals surface area contributed by atoms with E-state index in [0.29, 0.717) is 12.1 Å². The zero-order valence-corrected chi connectivity index (χ0v) is 10.1. The molecule has 0 amide bonds. The lowest BCUT2D eigenvalue weighted by molar-refractivity contribution is 0.228. The first-order chi connectivity index (χ1) is 7.70. The van der Waals surface area contributed by atoms with Crippen LogP contribution in [0.15, 0.2) is 18.2 Å². The highest BCUT2D eigenvalue weighted by Gasteiger charge is 2.22. The summed E-state index contributed by atoms with van der Waals surface area (Å²) < 4.78 is 11.1. The van der Waals surface area contributed by atoms with Crippen LogP contribution in [0.5, 0.6) is 11.5 Å². The van der Waals surface area contributed by atoms with Crippen molar-refractivity contribution in [3.05, 3.63) is 23.8 Å². The van der Waals surface area contributed by atoms with Crippen LogP contribution in [0.4, 0.5) is 0 Å². The van der Waals surface area contributed by atoms with Gasteiger partial charge in [0.05, 0.1) is 7.11 Å². The molecule has 0 saturated heterocycles. The molecule has 0 saturated carbocycles. The molecular formula is C13H19NO2. The maximum Gasteiger partial charge on any atom is 0.126 e. The van der Waals surface area contributed by atoms with Crippen LogP contribution >= 0.6 is 0 Å². The van der Waals surface area contributed by atoms with E-state index >= 15 is 0 Å². The summed E-state index contributed by atoms with van der Waals surface area (Å²) in [5, 5.41) is 3.49. The topological polar surface area (TPSA) is 30.5 Å². The van der Waals surface area contributed by atoms with E-state index in [0.717, 1.165) is 24.5 Å². The SMILES string of the molecule is COc1cccc2c1C[C@@H](NC(C)C)CO2. The first-order valence-electron chi connectivity index (χ1n) is 5.75. The second kappa shape index (κ2) is 4.74. The Hall–Kier alpha value is -1.22. The van der Waals surface area contributed by atoms with Gasteiger partial charge in [0, 0.05) is 17.6 Å². The predicted octanol–water partition coefficient (Wildman–Crippen LogP) is 2.00. The maximum absolute atomic E-state index is 5.74. The summed E-state index contributed by atoms with van der Waals surface area (Å²) in [4.78, 5) is 0. The minimum atomic E-state index is 0.379. The third-order valence-electron chi connectivity index (χ3n) is 2.77. The minimum Gasteiger partial charge on any atom is -0.496 e. The third kappa shape index (κ3) is 2.30. The second-order valence-corrected chi connectivity index (χ2v) is 4.47. The summed E-state index contributed by atoms with van der Waals surface area (Å²) in [7, 11) is 1.70. The molecule has 1 N–H and O–H groups in total. The zero-order valence-electron chi connectivity index (χ0n) is 10.1. The lowest BCUT2D eigenvalue weighted by atomic mass is 10.0. The monoisotopic (exact) mass is 221 g/mol. The molecule has 1 aliphatic rings. The van der Waals surface area contributed by atoms with Crippen LogP contribution in [0.2, 0.25) is 0 Å². The van der Waals surface area contributed by atoms with Crippen LogP contribution < -0.4 is 14.8 Å². The van der Waals surface area contributed by atoms with Crippen molar-refractivity contribution in [3.63, 3.8) is 0 Å². The van der Waals surface area contributed by atoms with Gasteiger partial charge in [-0.05, 0) is 18.6 Å². The molecule has 3 heteroatoms. The van der Waals surface area contributed by atoms with Crippen molar-refractivity contribution in [2.24, 2.45) is 0 Å². The normalized spacial score (nSPS) is 19.1. The maximum atomic E-state index is 5.74. The Morgan fingerprint density at radius 2 is 2.25 bits per heavy atom. The molecule has 1 heterocycles. The Morgan fingerprint density at radius 1 is 1.44 bits per heavy atom. The van der Waals surface area contributed by atoms with Crippen molar-refractivity contribution < 1.29 is 9.47 Å². The van der Waals surface area contributed by atoms with Crippen molar-refractivity contribution >= 4 is 0 Å². The van der Waals surface area contributed by atoms with E-state index in [9.17, 15) is 0 Å². The lowest BCUT2D eigenvalue weighted by Crippen LogP contribution is -2.42. The average Bonchev–Trinajstić information content (AvgIpc) is 2.27. The summed E-state index contributed by atoms with van der Waals surface area (Å²) in [6.45, 7) is 5.04. The van der Waals surface area contributed by atoms with E-state index in [-0.39, 0.29) is 0 Å². The Balaban J connectivity index is 2.18. The van der Waals surface area contributed by atoms with Gasteiger partial charge in [-0.3, -0.25) is 0 Å². The van der Waals surface area contributed by atoms with E-state index in [2.05, 4.69) is 19.2 Å². The van der Waals surface area contributed by atoms with Gasteiger partial charge in [0.1, 0.15) is 18.1 Å². The molecule has 1 aliphatic heterocycles. The highest BCUT2D eigenvalue weighted by atomic mass is 16.5. The van der Waals surface area contributed by atoms with Gasteiger partial charge in [0.25, 0.3) is 0 Å². The molecule has 0 bridgehead atoms. The summed E-state index contributed by atoms with van der Waals surface area (Å²) in [5.41, 5.74) is 1.18. The van der Waals surface area contributed by atoms with E-state index in [1.807, 2.05) is 18.2 Å². The molecule has 3 nitrogen and oxygen atoms in total. The number of hydrogen-bond acceptors (Lipinski definition) is 3. The van der Waals surface area contributed by atoms with Crippen LogP contribution in [-0.2, 0) is 6.42 Å². The Morgan fingerprint density at radius 3 is 2.94 bits per heavy atom. The second-order valence-electron chi connectivity index (χ2n) is 4.47. The summed E-state index contributed by atoms with van der Waals surface area (Å²) in [5.74, 6) is 1.88. The van der Waals surface area contributed by atoms with Gasteiger partial charge in [-0.2, -0.15) is 0 Å².